The number of hydrogen-bond acceptors (Lipinski definition) is 2. The summed E-state index contributed by atoms with van der Waals surface area (Å²) in [4.78, 5) is 4.58. The fraction of sp³-hybridized carbons (Fsp3) is 0.190. The summed E-state index contributed by atoms with van der Waals surface area (Å²) in [5, 5.41) is 3.58. The third kappa shape index (κ3) is 2.50. The van der Waals surface area contributed by atoms with Crippen molar-refractivity contribution in [3.63, 3.8) is 0 Å². The molecule has 2 heteroatoms. The molecule has 0 aliphatic carbocycles. The standard InChI is InChI=1S/C21H20N2/c1-21(20-9-5-6-12-22-20)15-23-19-14-17(10-11-18(19)21)13-16-7-3-2-4-8-16/h2-12,14,23H,13,15H2,1H3. The number of benzene rings is 2. The number of anilines is 1. The van der Waals surface area contributed by atoms with Crippen molar-refractivity contribution in [1.82, 2.24) is 4.98 Å². The normalized spacial score (nSPS) is 19.2. The predicted molar refractivity (Wildman–Crippen MR) is 94.9 cm³/mol. The van der Waals surface area contributed by atoms with Gasteiger partial charge in [-0.2, -0.15) is 0 Å². The zero-order valence-corrected chi connectivity index (χ0v) is 13.3. The fourth-order valence-electron chi connectivity index (χ4n) is 3.45. The van der Waals surface area contributed by atoms with Gasteiger partial charge in [0.25, 0.3) is 0 Å². The smallest absolute Gasteiger partial charge is 0.0539 e. The molecule has 0 radical (unpaired) electrons. The van der Waals surface area contributed by atoms with E-state index in [1.807, 2.05) is 12.3 Å². The number of hydrogen-bond donors (Lipinski definition) is 1. The van der Waals surface area contributed by atoms with E-state index >= 15 is 0 Å². The summed E-state index contributed by atoms with van der Waals surface area (Å²) in [5.74, 6) is 0. The Balaban J connectivity index is 1.67. The van der Waals surface area contributed by atoms with Crippen LogP contribution in [-0.2, 0) is 11.8 Å². The van der Waals surface area contributed by atoms with Crippen LogP contribution in [0.2, 0.25) is 0 Å². The second kappa shape index (κ2) is 5.54. The lowest BCUT2D eigenvalue weighted by Crippen LogP contribution is -2.26. The van der Waals surface area contributed by atoms with Crippen LogP contribution in [0.5, 0.6) is 0 Å². The van der Waals surface area contributed by atoms with Crippen LogP contribution < -0.4 is 5.32 Å². The van der Waals surface area contributed by atoms with Crippen LogP contribution in [0, 0.1) is 0 Å². The fourth-order valence-corrected chi connectivity index (χ4v) is 3.45. The Morgan fingerprint density at radius 2 is 1.78 bits per heavy atom. The number of pyridine rings is 1. The number of fused-ring (bicyclic) bond motifs is 1. The van der Waals surface area contributed by atoms with Crippen LogP contribution in [0.3, 0.4) is 0 Å². The second-order valence-corrected chi connectivity index (χ2v) is 6.44. The molecule has 1 aromatic heterocycles. The van der Waals surface area contributed by atoms with E-state index in [0.717, 1.165) is 18.7 Å². The van der Waals surface area contributed by atoms with E-state index in [9.17, 15) is 0 Å². The predicted octanol–water partition coefficient (Wildman–Crippen LogP) is 4.40. The summed E-state index contributed by atoms with van der Waals surface area (Å²) in [6.07, 6.45) is 2.85. The summed E-state index contributed by atoms with van der Waals surface area (Å²) in [6, 6.07) is 23.6. The average Bonchev–Trinajstić information content (AvgIpc) is 2.94. The molecular formula is C21H20N2. The second-order valence-electron chi connectivity index (χ2n) is 6.44. The molecule has 23 heavy (non-hydrogen) atoms. The Morgan fingerprint density at radius 3 is 2.57 bits per heavy atom. The Bertz CT molecular complexity index is 812. The zero-order valence-electron chi connectivity index (χ0n) is 13.3. The minimum Gasteiger partial charge on any atom is -0.383 e. The van der Waals surface area contributed by atoms with Crippen molar-refractivity contribution in [2.75, 3.05) is 11.9 Å². The van der Waals surface area contributed by atoms with Crippen molar-refractivity contribution in [2.45, 2.75) is 18.8 Å². The molecule has 2 heterocycles. The van der Waals surface area contributed by atoms with Crippen molar-refractivity contribution in [2.24, 2.45) is 0 Å². The molecule has 0 amide bonds. The largest absolute Gasteiger partial charge is 0.383 e. The van der Waals surface area contributed by atoms with Crippen molar-refractivity contribution in [1.29, 1.82) is 0 Å². The molecule has 0 saturated heterocycles. The lowest BCUT2D eigenvalue weighted by Gasteiger charge is -2.23. The number of nitrogens with one attached hydrogen (secondary N) is 1. The first-order chi connectivity index (χ1) is 11.3. The van der Waals surface area contributed by atoms with Crippen molar-refractivity contribution < 1.29 is 0 Å². The van der Waals surface area contributed by atoms with E-state index in [4.69, 9.17) is 0 Å². The molecular weight excluding hydrogens is 280 g/mol. The molecule has 1 unspecified atom stereocenters. The third-order valence-electron chi connectivity index (χ3n) is 4.79. The topological polar surface area (TPSA) is 24.9 Å². The molecule has 114 valence electrons. The molecule has 1 aliphatic heterocycles. The quantitative estimate of drug-likeness (QED) is 0.775. The van der Waals surface area contributed by atoms with Crippen LogP contribution in [-0.4, -0.2) is 11.5 Å². The van der Waals surface area contributed by atoms with Crippen LogP contribution in [0.15, 0.2) is 72.9 Å². The first-order valence-electron chi connectivity index (χ1n) is 8.08. The van der Waals surface area contributed by atoms with E-state index in [0.29, 0.717) is 0 Å². The van der Waals surface area contributed by atoms with Crippen LogP contribution in [0.4, 0.5) is 5.69 Å². The monoisotopic (exact) mass is 300 g/mol. The highest BCUT2D eigenvalue weighted by atomic mass is 14.9. The Labute approximate surface area is 137 Å². The molecule has 4 rings (SSSR count). The molecule has 1 aliphatic rings. The van der Waals surface area contributed by atoms with E-state index in [2.05, 4.69) is 77.9 Å². The van der Waals surface area contributed by atoms with E-state index in [1.54, 1.807) is 0 Å². The minimum atomic E-state index is -0.0537. The zero-order chi connectivity index (χ0) is 15.7. The molecule has 1 N–H and O–H groups in total. The van der Waals surface area contributed by atoms with Crippen LogP contribution >= 0.6 is 0 Å². The first kappa shape index (κ1) is 14.0. The van der Waals surface area contributed by atoms with E-state index in [1.165, 1.54) is 22.4 Å². The Hall–Kier alpha value is -2.61. The minimum absolute atomic E-state index is 0.0537. The van der Waals surface area contributed by atoms with Gasteiger partial charge in [0.2, 0.25) is 0 Å². The van der Waals surface area contributed by atoms with Gasteiger partial charge in [-0.05, 0) is 48.2 Å². The summed E-state index contributed by atoms with van der Waals surface area (Å²) in [5.41, 5.74) is 6.34. The number of rotatable bonds is 3. The summed E-state index contributed by atoms with van der Waals surface area (Å²) < 4.78 is 0. The summed E-state index contributed by atoms with van der Waals surface area (Å²) in [7, 11) is 0. The number of nitrogens with zero attached hydrogens (tertiary/aromatic N) is 1. The highest BCUT2D eigenvalue weighted by Gasteiger charge is 2.37. The molecule has 0 spiro atoms. The van der Waals surface area contributed by atoms with Crippen LogP contribution in [0.25, 0.3) is 0 Å². The third-order valence-corrected chi connectivity index (χ3v) is 4.79. The molecule has 2 aromatic carbocycles. The van der Waals surface area contributed by atoms with Gasteiger partial charge in [-0.3, -0.25) is 4.98 Å². The Morgan fingerprint density at radius 1 is 0.957 bits per heavy atom. The lowest BCUT2D eigenvalue weighted by atomic mass is 9.80. The van der Waals surface area contributed by atoms with Crippen molar-refractivity contribution >= 4 is 5.69 Å². The SMILES string of the molecule is CC1(c2ccccn2)CNc2cc(Cc3ccccc3)ccc21. The van der Waals surface area contributed by atoms with Gasteiger partial charge < -0.3 is 5.32 Å². The van der Waals surface area contributed by atoms with Crippen LogP contribution in [0.1, 0.15) is 29.3 Å². The molecule has 0 fully saturated rings. The maximum absolute atomic E-state index is 4.58. The average molecular weight is 300 g/mol. The van der Waals surface area contributed by atoms with E-state index < -0.39 is 0 Å². The van der Waals surface area contributed by atoms with Gasteiger partial charge in [0.1, 0.15) is 0 Å². The molecule has 0 saturated carbocycles. The first-order valence-corrected chi connectivity index (χ1v) is 8.08. The van der Waals surface area contributed by atoms with Gasteiger partial charge in [-0.1, -0.05) is 48.5 Å². The molecule has 2 nitrogen and oxygen atoms in total. The summed E-state index contributed by atoms with van der Waals surface area (Å²) in [6.45, 7) is 3.17. The number of aromatic nitrogens is 1. The van der Waals surface area contributed by atoms with Gasteiger partial charge in [0, 0.05) is 18.4 Å². The summed E-state index contributed by atoms with van der Waals surface area (Å²) >= 11 is 0. The lowest BCUT2D eigenvalue weighted by molar-refractivity contribution is 0.612. The van der Waals surface area contributed by atoms with Crippen molar-refractivity contribution in [3.05, 3.63) is 95.3 Å². The van der Waals surface area contributed by atoms with Gasteiger partial charge in [-0.25, -0.2) is 0 Å². The van der Waals surface area contributed by atoms with Gasteiger partial charge in [-0.15, -0.1) is 0 Å². The molecule has 1 atom stereocenters. The maximum Gasteiger partial charge on any atom is 0.0539 e. The van der Waals surface area contributed by atoms with E-state index in [-0.39, 0.29) is 5.41 Å². The van der Waals surface area contributed by atoms with Gasteiger partial charge in [0.15, 0.2) is 0 Å². The molecule has 0 bridgehead atoms. The Kier molecular flexibility index (Phi) is 3.38. The van der Waals surface area contributed by atoms with Gasteiger partial charge >= 0.3 is 0 Å². The van der Waals surface area contributed by atoms with Gasteiger partial charge in [0.05, 0.1) is 11.1 Å². The molecule has 3 aromatic rings. The highest BCUT2D eigenvalue weighted by Crippen LogP contribution is 2.41. The maximum atomic E-state index is 4.58. The highest BCUT2D eigenvalue weighted by molar-refractivity contribution is 5.64. The van der Waals surface area contributed by atoms with Crippen molar-refractivity contribution in [3.8, 4) is 0 Å².